The van der Waals surface area contributed by atoms with Gasteiger partial charge in [0, 0.05) is 21.5 Å². The topological polar surface area (TPSA) is 58.6 Å². The van der Waals surface area contributed by atoms with Gasteiger partial charge < -0.3 is 15.0 Å². The number of ether oxygens (including phenoxy) is 1. The van der Waals surface area contributed by atoms with Gasteiger partial charge in [-0.15, -0.1) is 0 Å². The fourth-order valence-electron chi connectivity index (χ4n) is 3.74. The highest BCUT2D eigenvalue weighted by atomic mass is 79.9. The second-order valence-corrected chi connectivity index (χ2v) is 9.75. The molecule has 1 atom stereocenters. The Bertz CT molecular complexity index is 883. The SMILES string of the molecule is C[C@@H](C(=O)NC1CCCCC1)N(Cc1cccc(Br)c1)C(=O)COc1ccc(Br)cc1. The van der Waals surface area contributed by atoms with E-state index in [4.69, 9.17) is 4.74 Å². The number of amides is 2. The third-order valence-electron chi connectivity index (χ3n) is 5.54. The molecule has 2 aromatic carbocycles. The van der Waals surface area contributed by atoms with E-state index in [0.29, 0.717) is 12.3 Å². The van der Waals surface area contributed by atoms with E-state index in [1.165, 1.54) is 6.42 Å². The number of nitrogens with zero attached hydrogens (tertiary/aromatic N) is 1. The van der Waals surface area contributed by atoms with Crippen LogP contribution in [0, 0.1) is 0 Å². The van der Waals surface area contributed by atoms with Gasteiger partial charge in [-0.1, -0.05) is 63.3 Å². The Kier molecular flexibility index (Phi) is 8.96. The van der Waals surface area contributed by atoms with Crippen LogP contribution in [-0.4, -0.2) is 35.4 Å². The van der Waals surface area contributed by atoms with E-state index in [-0.39, 0.29) is 24.5 Å². The average Bonchev–Trinajstić information content (AvgIpc) is 2.77. The summed E-state index contributed by atoms with van der Waals surface area (Å²) < 4.78 is 7.57. The monoisotopic (exact) mass is 550 g/mol. The molecule has 0 unspecified atom stereocenters. The minimum absolute atomic E-state index is 0.112. The number of benzene rings is 2. The van der Waals surface area contributed by atoms with E-state index in [2.05, 4.69) is 37.2 Å². The van der Waals surface area contributed by atoms with Crippen LogP contribution >= 0.6 is 31.9 Å². The summed E-state index contributed by atoms with van der Waals surface area (Å²) in [4.78, 5) is 27.7. The molecular formula is C24H28Br2N2O3. The minimum atomic E-state index is -0.595. The number of halogens is 2. The molecule has 166 valence electrons. The average molecular weight is 552 g/mol. The van der Waals surface area contributed by atoms with Gasteiger partial charge in [-0.25, -0.2) is 0 Å². The Balaban J connectivity index is 1.70. The maximum Gasteiger partial charge on any atom is 0.261 e. The lowest BCUT2D eigenvalue weighted by Crippen LogP contribution is -2.51. The summed E-state index contributed by atoms with van der Waals surface area (Å²) in [7, 11) is 0. The predicted molar refractivity (Wildman–Crippen MR) is 129 cm³/mol. The zero-order valence-corrected chi connectivity index (χ0v) is 20.8. The molecule has 2 aromatic rings. The van der Waals surface area contributed by atoms with Crippen LogP contribution < -0.4 is 10.1 Å². The van der Waals surface area contributed by atoms with Crippen molar-refractivity contribution in [3.05, 3.63) is 63.0 Å². The normalized spacial score (nSPS) is 15.2. The lowest BCUT2D eigenvalue weighted by molar-refractivity contribution is -0.142. The first-order valence-corrected chi connectivity index (χ1v) is 12.2. The van der Waals surface area contributed by atoms with E-state index in [9.17, 15) is 9.59 Å². The fraction of sp³-hybridized carbons (Fsp3) is 0.417. The van der Waals surface area contributed by atoms with Gasteiger partial charge >= 0.3 is 0 Å². The molecule has 1 aliphatic carbocycles. The van der Waals surface area contributed by atoms with E-state index >= 15 is 0 Å². The number of carbonyl (C=O) groups excluding carboxylic acids is 2. The zero-order valence-electron chi connectivity index (χ0n) is 17.7. The van der Waals surface area contributed by atoms with Crippen molar-refractivity contribution in [3.63, 3.8) is 0 Å². The summed E-state index contributed by atoms with van der Waals surface area (Å²) in [6, 6.07) is 14.7. The predicted octanol–water partition coefficient (Wildman–Crippen LogP) is 5.46. The van der Waals surface area contributed by atoms with Crippen molar-refractivity contribution in [2.45, 2.75) is 57.7 Å². The fourth-order valence-corrected chi connectivity index (χ4v) is 4.45. The number of rotatable bonds is 8. The molecule has 0 radical (unpaired) electrons. The molecule has 0 heterocycles. The maximum atomic E-state index is 13.1. The summed E-state index contributed by atoms with van der Waals surface area (Å²) in [5.41, 5.74) is 0.948. The molecule has 7 heteroatoms. The first-order chi connectivity index (χ1) is 14.9. The Hall–Kier alpha value is -1.86. The van der Waals surface area contributed by atoms with Crippen LogP contribution in [0.15, 0.2) is 57.5 Å². The summed E-state index contributed by atoms with van der Waals surface area (Å²) in [6.45, 7) is 1.99. The molecule has 0 spiro atoms. The van der Waals surface area contributed by atoms with Crippen molar-refractivity contribution in [2.24, 2.45) is 0 Å². The highest BCUT2D eigenvalue weighted by Crippen LogP contribution is 2.20. The van der Waals surface area contributed by atoms with E-state index in [1.807, 2.05) is 36.4 Å². The molecule has 5 nitrogen and oxygen atoms in total. The third-order valence-corrected chi connectivity index (χ3v) is 6.56. The van der Waals surface area contributed by atoms with Crippen molar-refractivity contribution in [1.29, 1.82) is 0 Å². The molecule has 0 aliphatic heterocycles. The van der Waals surface area contributed by atoms with Crippen molar-refractivity contribution in [2.75, 3.05) is 6.61 Å². The summed E-state index contributed by atoms with van der Waals surface area (Å²) in [5, 5.41) is 3.14. The second-order valence-electron chi connectivity index (χ2n) is 7.91. The molecule has 0 bridgehead atoms. The van der Waals surface area contributed by atoms with Crippen LogP contribution in [0.2, 0.25) is 0 Å². The molecular weight excluding hydrogens is 524 g/mol. The minimum Gasteiger partial charge on any atom is -0.484 e. The van der Waals surface area contributed by atoms with Crippen molar-refractivity contribution in [1.82, 2.24) is 10.2 Å². The zero-order chi connectivity index (χ0) is 22.2. The van der Waals surface area contributed by atoms with E-state index in [1.54, 1.807) is 24.0 Å². The van der Waals surface area contributed by atoms with Crippen LogP contribution in [0.5, 0.6) is 5.75 Å². The Morgan fingerprint density at radius 3 is 2.45 bits per heavy atom. The highest BCUT2D eigenvalue weighted by Gasteiger charge is 2.28. The van der Waals surface area contributed by atoms with Crippen LogP contribution in [0.1, 0.15) is 44.6 Å². The Labute approximate surface area is 200 Å². The first-order valence-electron chi connectivity index (χ1n) is 10.6. The number of nitrogens with one attached hydrogen (secondary N) is 1. The number of hydrogen-bond donors (Lipinski definition) is 1. The molecule has 1 saturated carbocycles. The second kappa shape index (κ2) is 11.7. The molecule has 0 aromatic heterocycles. The van der Waals surface area contributed by atoms with Crippen LogP contribution in [0.4, 0.5) is 0 Å². The third kappa shape index (κ3) is 7.35. The molecule has 1 fully saturated rings. The van der Waals surface area contributed by atoms with Crippen molar-refractivity contribution >= 4 is 43.7 Å². The molecule has 31 heavy (non-hydrogen) atoms. The van der Waals surface area contributed by atoms with Gasteiger partial charge in [0.2, 0.25) is 5.91 Å². The Morgan fingerprint density at radius 2 is 1.77 bits per heavy atom. The maximum absolute atomic E-state index is 13.1. The molecule has 2 amide bonds. The van der Waals surface area contributed by atoms with E-state index < -0.39 is 6.04 Å². The van der Waals surface area contributed by atoms with Crippen LogP contribution in [-0.2, 0) is 16.1 Å². The van der Waals surface area contributed by atoms with Gasteiger partial charge in [0.25, 0.3) is 5.91 Å². The van der Waals surface area contributed by atoms with Crippen LogP contribution in [0.3, 0.4) is 0 Å². The lowest BCUT2D eigenvalue weighted by atomic mass is 9.95. The summed E-state index contributed by atoms with van der Waals surface area (Å²) in [6.07, 6.45) is 5.51. The van der Waals surface area contributed by atoms with Crippen molar-refractivity contribution < 1.29 is 14.3 Å². The van der Waals surface area contributed by atoms with Gasteiger partial charge in [0.15, 0.2) is 6.61 Å². The van der Waals surface area contributed by atoms with Gasteiger partial charge in [0.05, 0.1) is 0 Å². The molecule has 1 aliphatic rings. The number of carbonyl (C=O) groups is 2. The van der Waals surface area contributed by atoms with E-state index in [0.717, 1.165) is 40.2 Å². The summed E-state index contributed by atoms with van der Waals surface area (Å²) >= 11 is 6.86. The number of hydrogen-bond acceptors (Lipinski definition) is 3. The quantitative estimate of drug-likeness (QED) is 0.474. The smallest absolute Gasteiger partial charge is 0.261 e. The largest absolute Gasteiger partial charge is 0.484 e. The molecule has 1 N–H and O–H groups in total. The van der Waals surface area contributed by atoms with Crippen LogP contribution in [0.25, 0.3) is 0 Å². The molecule has 0 saturated heterocycles. The first kappa shape index (κ1) is 23.8. The Morgan fingerprint density at radius 1 is 1.06 bits per heavy atom. The highest BCUT2D eigenvalue weighted by molar-refractivity contribution is 9.10. The van der Waals surface area contributed by atoms with Gasteiger partial charge in [-0.2, -0.15) is 0 Å². The standard InChI is InChI=1S/C24H28Br2N2O3/c1-17(24(30)27-21-8-3-2-4-9-21)28(15-18-6-5-7-20(26)14-18)23(29)16-31-22-12-10-19(25)11-13-22/h5-7,10-14,17,21H,2-4,8-9,15-16H2,1H3,(H,27,30)/t17-/m0/s1. The summed E-state index contributed by atoms with van der Waals surface area (Å²) in [5.74, 6) is 0.270. The van der Waals surface area contributed by atoms with Gasteiger partial charge in [-0.05, 0) is 61.7 Å². The van der Waals surface area contributed by atoms with Crippen molar-refractivity contribution in [3.8, 4) is 5.75 Å². The van der Waals surface area contributed by atoms with Gasteiger partial charge in [0.1, 0.15) is 11.8 Å². The van der Waals surface area contributed by atoms with Gasteiger partial charge in [-0.3, -0.25) is 9.59 Å². The molecule has 3 rings (SSSR count). The lowest BCUT2D eigenvalue weighted by Gasteiger charge is -2.31.